The third kappa shape index (κ3) is 5.36. The molecule has 2 aromatic rings. The monoisotopic (exact) mass is 431 g/mol. The number of Topliss-reactive ketones (excluding diaryl/α,β-unsaturated/α-hetero) is 1. The Balaban J connectivity index is 1.50. The molecule has 0 aliphatic carbocycles. The van der Waals surface area contributed by atoms with Gasteiger partial charge in [-0.2, -0.15) is 5.26 Å². The van der Waals surface area contributed by atoms with Gasteiger partial charge in [0.25, 0.3) is 0 Å². The number of ketones is 1. The molecule has 0 saturated carbocycles. The van der Waals surface area contributed by atoms with E-state index in [9.17, 15) is 14.9 Å². The molecule has 6 nitrogen and oxygen atoms in total. The number of carbonyl (C=O) groups excluding carboxylic acids is 2. The number of rotatable bonds is 7. The van der Waals surface area contributed by atoms with E-state index in [0.29, 0.717) is 35.4 Å². The maximum atomic E-state index is 12.5. The van der Waals surface area contributed by atoms with E-state index in [1.807, 2.05) is 24.3 Å². The summed E-state index contributed by atoms with van der Waals surface area (Å²) in [6.07, 6.45) is 0.372. The molecule has 3 rings (SSSR count). The average Bonchev–Trinajstić information content (AvgIpc) is 3.19. The van der Waals surface area contributed by atoms with Crippen molar-refractivity contribution in [2.45, 2.75) is 18.9 Å². The SMILES string of the molecule is COc1ccc(C(C#N)N2CCN(C(=O)CCC(=O)c3ccc(Cl)s3)CC2)cc1. The summed E-state index contributed by atoms with van der Waals surface area (Å²) in [6, 6.07) is 12.9. The molecule has 1 aliphatic heterocycles. The smallest absolute Gasteiger partial charge is 0.223 e. The van der Waals surface area contributed by atoms with Crippen LogP contribution in [0.1, 0.15) is 34.1 Å². The van der Waals surface area contributed by atoms with Gasteiger partial charge in [0.05, 0.1) is 22.4 Å². The van der Waals surface area contributed by atoms with Crippen LogP contribution in [0.15, 0.2) is 36.4 Å². The lowest BCUT2D eigenvalue weighted by Gasteiger charge is -2.37. The van der Waals surface area contributed by atoms with Gasteiger partial charge in [0.1, 0.15) is 11.8 Å². The van der Waals surface area contributed by atoms with E-state index in [1.54, 1.807) is 24.1 Å². The second kappa shape index (κ2) is 9.88. The van der Waals surface area contributed by atoms with E-state index in [4.69, 9.17) is 16.3 Å². The van der Waals surface area contributed by atoms with Crippen molar-refractivity contribution in [2.24, 2.45) is 0 Å². The van der Waals surface area contributed by atoms with Crippen molar-refractivity contribution < 1.29 is 14.3 Å². The van der Waals surface area contributed by atoms with Gasteiger partial charge in [-0.15, -0.1) is 11.3 Å². The van der Waals surface area contributed by atoms with E-state index in [-0.39, 0.29) is 30.6 Å². The molecule has 1 saturated heterocycles. The summed E-state index contributed by atoms with van der Waals surface area (Å²) in [5.41, 5.74) is 0.910. The fraction of sp³-hybridized carbons (Fsp3) is 0.381. The Morgan fingerprint density at radius 3 is 2.38 bits per heavy atom. The number of thiophene rings is 1. The number of piperazine rings is 1. The molecule has 0 radical (unpaired) electrons. The predicted octanol–water partition coefficient (Wildman–Crippen LogP) is 3.78. The van der Waals surface area contributed by atoms with Crippen LogP contribution in [-0.2, 0) is 4.79 Å². The number of nitriles is 1. The molecule has 1 fully saturated rings. The number of benzene rings is 1. The number of hydrogen-bond acceptors (Lipinski definition) is 6. The van der Waals surface area contributed by atoms with Gasteiger partial charge in [-0.1, -0.05) is 23.7 Å². The van der Waals surface area contributed by atoms with Crippen LogP contribution in [0.25, 0.3) is 0 Å². The predicted molar refractivity (Wildman–Crippen MR) is 112 cm³/mol. The van der Waals surface area contributed by atoms with E-state index in [1.165, 1.54) is 11.3 Å². The maximum absolute atomic E-state index is 12.5. The Morgan fingerprint density at radius 1 is 1.14 bits per heavy atom. The van der Waals surface area contributed by atoms with Gasteiger partial charge in [-0.25, -0.2) is 0 Å². The van der Waals surface area contributed by atoms with E-state index in [2.05, 4.69) is 11.0 Å². The zero-order valence-electron chi connectivity index (χ0n) is 16.1. The third-order valence-corrected chi connectivity index (χ3v) is 6.27. The van der Waals surface area contributed by atoms with E-state index in [0.717, 1.165) is 11.3 Å². The molecule has 0 spiro atoms. The van der Waals surface area contributed by atoms with Gasteiger partial charge in [0.15, 0.2) is 5.78 Å². The molecule has 1 atom stereocenters. The molecule has 1 aliphatic rings. The van der Waals surface area contributed by atoms with Crippen molar-refractivity contribution in [2.75, 3.05) is 33.3 Å². The highest BCUT2D eigenvalue weighted by Crippen LogP contribution is 2.25. The molecule has 2 heterocycles. The minimum absolute atomic E-state index is 0.0291. The number of amides is 1. The van der Waals surface area contributed by atoms with Crippen LogP contribution in [0.5, 0.6) is 5.75 Å². The van der Waals surface area contributed by atoms with Crippen LogP contribution in [0.3, 0.4) is 0 Å². The highest BCUT2D eigenvalue weighted by Gasteiger charge is 2.27. The van der Waals surface area contributed by atoms with Gasteiger partial charge in [0, 0.05) is 39.0 Å². The maximum Gasteiger partial charge on any atom is 0.223 e. The van der Waals surface area contributed by atoms with Gasteiger partial charge in [-0.3, -0.25) is 14.5 Å². The first-order chi connectivity index (χ1) is 14.0. The van der Waals surface area contributed by atoms with Crippen LogP contribution in [-0.4, -0.2) is 54.8 Å². The van der Waals surface area contributed by atoms with Gasteiger partial charge in [-0.05, 0) is 29.8 Å². The van der Waals surface area contributed by atoms with Crippen molar-refractivity contribution in [3.63, 3.8) is 0 Å². The fourth-order valence-electron chi connectivity index (χ4n) is 3.35. The number of methoxy groups -OCH3 is 1. The molecule has 8 heteroatoms. The highest BCUT2D eigenvalue weighted by molar-refractivity contribution is 7.18. The lowest BCUT2D eigenvalue weighted by atomic mass is 10.1. The fourth-order valence-corrected chi connectivity index (χ4v) is 4.36. The molecule has 0 N–H and O–H groups in total. The first-order valence-corrected chi connectivity index (χ1v) is 10.5. The van der Waals surface area contributed by atoms with Crippen LogP contribution in [0.4, 0.5) is 0 Å². The number of hydrogen-bond donors (Lipinski definition) is 0. The van der Waals surface area contributed by atoms with Crippen molar-refractivity contribution in [1.82, 2.24) is 9.80 Å². The molecule has 1 amide bonds. The number of ether oxygens (including phenoxy) is 1. The summed E-state index contributed by atoms with van der Waals surface area (Å²) in [4.78, 5) is 29.1. The first kappa shape index (κ1) is 21.3. The topological polar surface area (TPSA) is 73.6 Å². The number of halogens is 1. The van der Waals surface area contributed by atoms with E-state index >= 15 is 0 Å². The largest absolute Gasteiger partial charge is 0.497 e. The molecule has 0 bridgehead atoms. The summed E-state index contributed by atoms with van der Waals surface area (Å²) in [5, 5.41) is 9.64. The molecule has 29 heavy (non-hydrogen) atoms. The summed E-state index contributed by atoms with van der Waals surface area (Å²) in [6.45, 7) is 2.33. The zero-order chi connectivity index (χ0) is 20.8. The van der Waals surface area contributed by atoms with Gasteiger partial charge >= 0.3 is 0 Å². The van der Waals surface area contributed by atoms with Crippen molar-refractivity contribution >= 4 is 34.6 Å². The Labute approximate surface area is 179 Å². The molecule has 1 unspecified atom stereocenters. The van der Waals surface area contributed by atoms with Gasteiger partial charge < -0.3 is 9.64 Å². The van der Waals surface area contributed by atoms with Crippen LogP contribution >= 0.6 is 22.9 Å². The van der Waals surface area contributed by atoms with Crippen LogP contribution in [0.2, 0.25) is 4.34 Å². The zero-order valence-corrected chi connectivity index (χ0v) is 17.7. The minimum atomic E-state index is -0.358. The minimum Gasteiger partial charge on any atom is -0.497 e. The second-order valence-corrected chi connectivity index (χ2v) is 8.46. The summed E-state index contributed by atoms with van der Waals surface area (Å²) in [7, 11) is 1.61. The van der Waals surface area contributed by atoms with Crippen molar-refractivity contribution in [1.29, 1.82) is 5.26 Å². The lowest BCUT2D eigenvalue weighted by molar-refractivity contribution is -0.133. The molecule has 1 aromatic heterocycles. The summed E-state index contributed by atoms with van der Waals surface area (Å²) < 4.78 is 5.74. The summed E-state index contributed by atoms with van der Waals surface area (Å²) in [5.74, 6) is 0.664. The van der Waals surface area contributed by atoms with Crippen molar-refractivity contribution in [3.8, 4) is 11.8 Å². The quantitative estimate of drug-likeness (QED) is 0.623. The average molecular weight is 432 g/mol. The van der Waals surface area contributed by atoms with Crippen molar-refractivity contribution in [3.05, 3.63) is 51.2 Å². The molecule has 1 aromatic carbocycles. The Morgan fingerprint density at radius 2 is 1.83 bits per heavy atom. The first-order valence-electron chi connectivity index (χ1n) is 9.35. The molecule has 152 valence electrons. The highest BCUT2D eigenvalue weighted by atomic mass is 35.5. The molecular weight excluding hydrogens is 410 g/mol. The number of carbonyl (C=O) groups is 2. The van der Waals surface area contributed by atoms with Crippen LogP contribution < -0.4 is 4.74 Å². The normalized spacial score (nSPS) is 15.6. The third-order valence-electron chi connectivity index (χ3n) is 5.00. The standard InChI is InChI=1S/C21H22ClN3O3S/c1-28-16-4-2-15(3-5-16)17(14-23)24-10-12-25(13-11-24)21(27)9-6-18(26)19-7-8-20(22)29-19/h2-5,7-8,17H,6,9-13H2,1H3. The van der Waals surface area contributed by atoms with Crippen LogP contribution in [0, 0.1) is 11.3 Å². The Hall–Kier alpha value is -2.40. The number of nitrogens with zero attached hydrogens (tertiary/aromatic N) is 3. The van der Waals surface area contributed by atoms with E-state index < -0.39 is 0 Å². The Kier molecular flexibility index (Phi) is 7.26. The lowest BCUT2D eigenvalue weighted by Crippen LogP contribution is -2.49. The molecular formula is C21H22ClN3O3S. The second-order valence-electron chi connectivity index (χ2n) is 6.75. The van der Waals surface area contributed by atoms with Gasteiger partial charge in [0.2, 0.25) is 5.91 Å². The Bertz CT molecular complexity index is 899. The summed E-state index contributed by atoms with van der Waals surface area (Å²) >= 11 is 7.09.